The van der Waals surface area contributed by atoms with Crippen molar-refractivity contribution in [3.05, 3.63) is 58.0 Å². The summed E-state index contributed by atoms with van der Waals surface area (Å²) in [4.78, 5) is 1.30. The largest absolute Gasteiger partial charge is 0.372 e. The Morgan fingerprint density at radius 2 is 2.00 bits per heavy atom. The van der Waals surface area contributed by atoms with Crippen LogP contribution < -0.4 is 5.73 Å². The second-order valence-corrected chi connectivity index (χ2v) is 5.01. The fourth-order valence-corrected chi connectivity index (χ4v) is 2.42. The number of ether oxygens (including phenoxy) is 1. The van der Waals surface area contributed by atoms with E-state index in [2.05, 4.69) is 11.4 Å². The van der Waals surface area contributed by atoms with Gasteiger partial charge in [-0.05, 0) is 29.1 Å². The summed E-state index contributed by atoms with van der Waals surface area (Å²) in [7, 11) is 0. The molecule has 2 rings (SSSR count). The first kappa shape index (κ1) is 13.2. The molecule has 96 valence electrons. The molecular formula is C14H16FNOS. The molecule has 18 heavy (non-hydrogen) atoms. The SMILES string of the molecule is NCC(OCCc1cccs1)c1ccc(F)cc1. The minimum absolute atomic E-state index is 0.162. The van der Waals surface area contributed by atoms with Crippen molar-refractivity contribution >= 4 is 11.3 Å². The number of thiophene rings is 1. The van der Waals surface area contributed by atoms with Crippen molar-refractivity contribution in [1.82, 2.24) is 0 Å². The summed E-state index contributed by atoms with van der Waals surface area (Å²) in [5.41, 5.74) is 6.61. The van der Waals surface area contributed by atoms with Crippen LogP contribution in [0.2, 0.25) is 0 Å². The highest BCUT2D eigenvalue weighted by Crippen LogP contribution is 2.18. The predicted octanol–water partition coefficient (Wildman–Crippen LogP) is 3.15. The van der Waals surface area contributed by atoms with Gasteiger partial charge in [0.2, 0.25) is 0 Å². The maximum atomic E-state index is 12.8. The van der Waals surface area contributed by atoms with Crippen molar-refractivity contribution in [2.45, 2.75) is 12.5 Å². The smallest absolute Gasteiger partial charge is 0.123 e. The van der Waals surface area contributed by atoms with Crippen LogP contribution in [0.4, 0.5) is 4.39 Å². The molecule has 1 aromatic heterocycles. The van der Waals surface area contributed by atoms with Gasteiger partial charge >= 0.3 is 0 Å². The molecule has 0 radical (unpaired) electrons. The lowest BCUT2D eigenvalue weighted by Gasteiger charge is -2.16. The molecule has 0 aliphatic heterocycles. The van der Waals surface area contributed by atoms with Gasteiger partial charge in [0.25, 0.3) is 0 Å². The summed E-state index contributed by atoms with van der Waals surface area (Å²) >= 11 is 1.72. The van der Waals surface area contributed by atoms with Crippen molar-refractivity contribution in [3.63, 3.8) is 0 Å². The Bertz CT molecular complexity index is 455. The summed E-state index contributed by atoms with van der Waals surface area (Å²) in [6, 6.07) is 10.4. The molecule has 2 nitrogen and oxygen atoms in total. The topological polar surface area (TPSA) is 35.2 Å². The van der Waals surface area contributed by atoms with Gasteiger partial charge in [-0.2, -0.15) is 0 Å². The van der Waals surface area contributed by atoms with Crippen molar-refractivity contribution in [3.8, 4) is 0 Å². The Kier molecular flexibility index (Phi) is 4.87. The highest BCUT2D eigenvalue weighted by Gasteiger charge is 2.10. The highest BCUT2D eigenvalue weighted by atomic mass is 32.1. The molecule has 0 amide bonds. The Hall–Kier alpha value is -1.23. The van der Waals surface area contributed by atoms with Gasteiger partial charge in [-0.1, -0.05) is 18.2 Å². The van der Waals surface area contributed by atoms with Crippen LogP contribution in [0.3, 0.4) is 0 Å². The summed E-state index contributed by atoms with van der Waals surface area (Å²) in [5, 5.41) is 2.05. The maximum Gasteiger partial charge on any atom is 0.123 e. The van der Waals surface area contributed by atoms with Crippen LogP contribution in [0.1, 0.15) is 16.5 Å². The second-order valence-electron chi connectivity index (χ2n) is 3.98. The number of benzene rings is 1. The Balaban J connectivity index is 1.87. The van der Waals surface area contributed by atoms with Gasteiger partial charge in [0.15, 0.2) is 0 Å². The average molecular weight is 265 g/mol. The van der Waals surface area contributed by atoms with E-state index in [-0.39, 0.29) is 11.9 Å². The first-order valence-corrected chi connectivity index (χ1v) is 6.77. The van der Waals surface area contributed by atoms with E-state index in [0.717, 1.165) is 12.0 Å². The number of rotatable bonds is 6. The molecule has 0 aliphatic rings. The third-order valence-corrected chi connectivity index (χ3v) is 3.64. The minimum atomic E-state index is -0.242. The lowest BCUT2D eigenvalue weighted by Crippen LogP contribution is -2.17. The number of hydrogen-bond donors (Lipinski definition) is 1. The third kappa shape index (κ3) is 3.63. The van der Waals surface area contributed by atoms with Crippen molar-refractivity contribution < 1.29 is 9.13 Å². The molecule has 2 N–H and O–H groups in total. The van der Waals surface area contributed by atoms with Gasteiger partial charge < -0.3 is 10.5 Å². The van der Waals surface area contributed by atoms with E-state index in [1.54, 1.807) is 23.5 Å². The van der Waals surface area contributed by atoms with E-state index in [1.807, 2.05) is 6.07 Å². The van der Waals surface area contributed by atoms with E-state index < -0.39 is 0 Å². The molecule has 1 aromatic carbocycles. The summed E-state index contributed by atoms with van der Waals surface area (Å²) in [5.74, 6) is -0.242. The first-order valence-electron chi connectivity index (χ1n) is 5.89. The third-order valence-electron chi connectivity index (χ3n) is 2.70. The van der Waals surface area contributed by atoms with Crippen LogP contribution >= 0.6 is 11.3 Å². The predicted molar refractivity (Wildman–Crippen MR) is 72.2 cm³/mol. The molecule has 0 bridgehead atoms. The number of halogens is 1. The fourth-order valence-electron chi connectivity index (χ4n) is 1.73. The zero-order valence-corrected chi connectivity index (χ0v) is 10.8. The Morgan fingerprint density at radius 3 is 2.61 bits per heavy atom. The molecule has 4 heteroatoms. The minimum Gasteiger partial charge on any atom is -0.372 e. The molecule has 1 atom stereocenters. The van der Waals surface area contributed by atoms with Crippen LogP contribution in [0.15, 0.2) is 41.8 Å². The lowest BCUT2D eigenvalue weighted by molar-refractivity contribution is 0.0612. The van der Waals surface area contributed by atoms with Crippen LogP contribution in [0.25, 0.3) is 0 Å². The molecule has 0 aliphatic carbocycles. The van der Waals surface area contributed by atoms with Crippen LogP contribution in [0, 0.1) is 5.82 Å². The highest BCUT2D eigenvalue weighted by molar-refractivity contribution is 7.09. The molecule has 0 fully saturated rings. The normalized spacial score (nSPS) is 12.6. The zero-order chi connectivity index (χ0) is 12.8. The van der Waals surface area contributed by atoms with Crippen molar-refractivity contribution in [1.29, 1.82) is 0 Å². The van der Waals surface area contributed by atoms with Crippen LogP contribution in [0.5, 0.6) is 0 Å². The molecule has 0 saturated carbocycles. The summed E-state index contributed by atoms with van der Waals surface area (Å²) in [6.45, 7) is 1.02. The summed E-state index contributed by atoms with van der Waals surface area (Å²) < 4.78 is 18.6. The van der Waals surface area contributed by atoms with E-state index in [0.29, 0.717) is 13.2 Å². The number of hydrogen-bond acceptors (Lipinski definition) is 3. The quantitative estimate of drug-likeness (QED) is 0.871. The van der Waals surface area contributed by atoms with Crippen LogP contribution in [-0.2, 0) is 11.2 Å². The Morgan fingerprint density at radius 1 is 1.22 bits per heavy atom. The monoisotopic (exact) mass is 265 g/mol. The summed E-state index contributed by atoms with van der Waals surface area (Å²) in [6.07, 6.45) is 0.723. The van der Waals surface area contributed by atoms with E-state index in [9.17, 15) is 4.39 Å². The Labute approximate surface area is 110 Å². The van der Waals surface area contributed by atoms with Gasteiger partial charge in [-0.3, -0.25) is 0 Å². The first-order chi connectivity index (χ1) is 8.79. The van der Waals surface area contributed by atoms with E-state index >= 15 is 0 Å². The van der Waals surface area contributed by atoms with Crippen molar-refractivity contribution in [2.75, 3.05) is 13.2 Å². The standard InChI is InChI=1S/C14H16FNOS/c15-12-5-3-11(4-6-12)14(10-16)17-8-7-13-2-1-9-18-13/h1-6,9,14H,7-8,10,16H2. The van der Waals surface area contributed by atoms with E-state index in [1.165, 1.54) is 17.0 Å². The average Bonchev–Trinajstić information content (AvgIpc) is 2.89. The molecule has 1 unspecified atom stereocenters. The second kappa shape index (κ2) is 6.64. The zero-order valence-electron chi connectivity index (χ0n) is 10.0. The molecule has 0 saturated heterocycles. The van der Waals surface area contributed by atoms with Crippen molar-refractivity contribution in [2.24, 2.45) is 5.73 Å². The van der Waals surface area contributed by atoms with Gasteiger partial charge in [0.1, 0.15) is 5.82 Å². The van der Waals surface area contributed by atoms with Gasteiger partial charge in [0.05, 0.1) is 12.7 Å². The molecule has 2 aromatic rings. The van der Waals surface area contributed by atoms with Crippen LogP contribution in [-0.4, -0.2) is 13.2 Å². The fraction of sp³-hybridized carbons (Fsp3) is 0.286. The van der Waals surface area contributed by atoms with Gasteiger partial charge in [0, 0.05) is 17.8 Å². The molecular weight excluding hydrogens is 249 g/mol. The molecule has 0 spiro atoms. The number of nitrogens with two attached hydrogens (primary N) is 1. The van der Waals surface area contributed by atoms with Gasteiger partial charge in [-0.25, -0.2) is 4.39 Å². The maximum absolute atomic E-state index is 12.8. The lowest BCUT2D eigenvalue weighted by atomic mass is 10.1. The van der Waals surface area contributed by atoms with E-state index in [4.69, 9.17) is 10.5 Å². The molecule has 1 heterocycles. The van der Waals surface area contributed by atoms with Gasteiger partial charge in [-0.15, -0.1) is 11.3 Å².